The average molecular weight is 846 g/mol. The molecule has 3 aromatic heterocycles. The maximum Gasteiger partial charge on any atom is 0.213 e. The molecule has 2 aliphatic rings. The summed E-state index contributed by atoms with van der Waals surface area (Å²) >= 11 is 0. The van der Waals surface area contributed by atoms with Crippen LogP contribution in [0.4, 0.5) is 0 Å². The summed E-state index contributed by atoms with van der Waals surface area (Å²) in [6, 6.07) is 46.1. The molecule has 0 saturated carbocycles. The number of aromatic nitrogens is 5. The van der Waals surface area contributed by atoms with E-state index in [0.717, 1.165) is 42.5 Å². The van der Waals surface area contributed by atoms with Gasteiger partial charge >= 0.3 is 0 Å². The molecule has 2 atom stereocenters. The van der Waals surface area contributed by atoms with Gasteiger partial charge in [-0.3, -0.25) is 0 Å². The summed E-state index contributed by atoms with van der Waals surface area (Å²) in [5.41, 5.74) is 14.0. The number of hydrogen-bond donors (Lipinski definition) is 0. The Morgan fingerprint density at radius 2 is 1.12 bits per heavy atom. The van der Waals surface area contributed by atoms with E-state index < -0.39 is 0 Å². The summed E-state index contributed by atoms with van der Waals surface area (Å²) in [7, 11) is 0. The Balaban J connectivity index is 1.18. The van der Waals surface area contributed by atoms with Gasteiger partial charge in [0.1, 0.15) is 0 Å². The molecule has 0 saturated heterocycles. The topological polar surface area (TPSA) is 46.4 Å². The third-order valence-electron chi connectivity index (χ3n) is 16.4. The Hall–Kier alpha value is -5.81. The maximum absolute atomic E-state index is 5.12. The molecule has 9 rings (SSSR count). The molecule has 4 heterocycles. The maximum atomic E-state index is 5.12. The highest BCUT2D eigenvalue weighted by molar-refractivity contribution is 5.73. The van der Waals surface area contributed by atoms with Gasteiger partial charge in [0, 0.05) is 65.8 Å². The number of pyridine rings is 2. The second kappa shape index (κ2) is 17.0. The van der Waals surface area contributed by atoms with Crippen LogP contribution in [0.5, 0.6) is 0 Å². The number of benzene rings is 4. The SMILES string of the molecule is CCCCCC1(C)C(C)(C)c2cc3c(cc2C1(C)C)C(C[n+]1ccccc1-c1cc(-c2nc(-c4ccccc4)nc(-c4ccccc4)n2)ccc1C)CC(CC)(CC)[n+]1ccccc1-3. The molecule has 0 bridgehead atoms. The van der Waals surface area contributed by atoms with Crippen LogP contribution in [-0.4, -0.2) is 15.0 Å². The van der Waals surface area contributed by atoms with Crippen molar-refractivity contribution < 1.29 is 9.13 Å². The van der Waals surface area contributed by atoms with Gasteiger partial charge in [-0.25, -0.2) is 15.0 Å². The molecule has 0 N–H and O–H groups in total. The van der Waals surface area contributed by atoms with E-state index in [4.69, 9.17) is 15.0 Å². The first kappa shape index (κ1) is 43.4. The normalized spacial score (nSPS) is 19.0. The van der Waals surface area contributed by atoms with Crippen molar-refractivity contribution >= 4 is 0 Å². The summed E-state index contributed by atoms with van der Waals surface area (Å²) in [4.78, 5) is 15.2. The van der Waals surface area contributed by atoms with Crippen molar-refractivity contribution in [2.45, 2.75) is 136 Å². The summed E-state index contributed by atoms with van der Waals surface area (Å²) in [5.74, 6) is 2.27. The summed E-state index contributed by atoms with van der Waals surface area (Å²) in [5, 5.41) is 0. The van der Waals surface area contributed by atoms with Gasteiger partial charge in [0.2, 0.25) is 11.4 Å². The van der Waals surface area contributed by atoms with Gasteiger partial charge in [0.15, 0.2) is 42.0 Å². The molecule has 5 nitrogen and oxygen atoms in total. The van der Waals surface area contributed by atoms with Crippen LogP contribution in [0.1, 0.15) is 129 Å². The Labute approximate surface area is 382 Å². The second-order valence-corrected chi connectivity index (χ2v) is 20.1. The Bertz CT molecular complexity index is 2740. The standard InChI is InChI=1S/C59H67N5/c1-10-13-22-33-58(9)56(5,6)49-37-47-45(39-59(11-2,12-3)64-35-24-21-30-52(64)48(47)38-50(49)57(58,7)8)40-63-34-23-20-29-51(63)46-36-44(32-31-41(46)4)55-61-53(42-25-16-14-17-26-42)60-54(62-55)43-27-18-15-19-28-43/h14-21,23-32,34-38,45H,10-13,22,33,39-40H2,1-9H3/q+2. The van der Waals surface area contributed by atoms with Crippen LogP contribution in [0.2, 0.25) is 0 Å². The van der Waals surface area contributed by atoms with Crippen LogP contribution in [0.3, 0.4) is 0 Å². The first-order valence-corrected chi connectivity index (χ1v) is 24.0. The first-order chi connectivity index (χ1) is 30.9. The lowest BCUT2D eigenvalue weighted by Gasteiger charge is -2.48. The van der Waals surface area contributed by atoms with Crippen LogP contribution in [0.15, 0.2) is 140 Å². The first-order valence-electron chi connectivity index (χ1n) is 24.0. The zero-order chi connectivity index (χ0) is 44.9. The van der Waals surface area contributed by atoms with Crippen LogP contribution >= 0.6 is 0 Å². The zero-order valence-corrected chi connectivity index (χ0v) is 39.7. The highest BCUT2D eigenvalue weighted by Gasteiger charge is 2.60. The van der Waals surface area contributed by atoms with Crippen LogP contribution in [0, 0.1) is 12.3 Å². The molecule has 2 unspecified atom stereocenters. The van der Waals surface area contributed by atoms with Crippen LogP contribution in [-0.2, 0) is 22.9 Å². The van der Waals surface area contributed by atoms with Crippen molar-refractivity contribution in [3.63, 3.8) is 0 Å². The minimum absolute atomic E-state index is 0.0170. The number of hydrogen-bond acceptors (Lipinski definition) is 3. The molecule has 7 aromatic rings. The average Bonchev–Trinajstić information content (AvgIpc) is 3.38. The van der Waals surface area contributed by atoms with Gasteiger partial charge in [-0.15, -0.1) is 0 Å². The van der Waals surface area contributed by atoms with Crippen molar-refractivity contribution in [1.29, 1.82) is 0 Å². The number of aryl methyl sites for hydroxylation is 1. The Morgan fingerprint density at radius 1 is 0.562 bits per heavy atom. The highest BCUT2D eigenvalue weighted by Crippen LogP contribution is 2.65. The van der Waals surface area contributed by atoms with E-state index >= 15 is 0 Å². The fourth-order valence-corrected chi connectivity index (χ4v) is 11.8. The molecule has 0 amide bonds. The van der Waals surface area contributed by atoms with Gasteiger partial charge < -0.3 is 0 Å². The largest absolute Gasteiger partial charge is 0.213 e. The number of fused-ring (bicyclic) bond motifs is 4. The van der Waals surface area contributed by atoms with E-state index in [-0.39, 0.29) is 27.7 Å². The zero-order valence-electron chi connectivity index (χ0n) is 39.7. The summed E-state index contributed by atoms with van der Waals surface area (Å²) in [6.07, 6.45) is 12.9. The van der Waals surface area contributed by atoms with E-state index in [1.54, 1.807) is 5.56 Å². The van der Waals surface area contributed by atoms with Gasteiger partial charge in [-0.1, -0.05) is 154 Å². The lowest BCUT2D eigenvalue weighted by molar-refractivity contribution is -0.759. The van der Waals surface area contributed by atoms with E-state index in [1.807, 2.05) is 36.4 Å². The monoisotopic (exact) mass is 846 g/mol. The van der Waals surface area contributed by atoms with Crippen molar-refractivity contribution in [2.24, 2.45) is 5.41 Å². The molecule has 326 valence electrons. The van der Waals surface area contributed by atoms with Gasteiger partial charge in [0.05, 0.1) is 11.5 Å². The predicted molar refractivity (Wildman–Crippen MR) is 263 cm³/mol. The molecule has 1 aliphatic heterocycles. The van der Waals surface area contributed by atoms with Gasteiger partial charge in [-0.2, -0.15) is 9.13 Å². The number of unbranched alkanes of at least 4 members (excludes halogenated alkanes) is 2. The number of rotatable bonds is 12. The fraction of sp³-hybridized carbons (Fsp3) is 0.373. The summed E-state index contributed by atoms with van der Waals surface area (Å²) < 4.78 is 5.20. The van der Waals surface area contributed by atoms with Gasteiger partial charge in [0.25, 0.3) is 0 Å². The van der Waals surface area contributed by atoms with Crippen molar-refractivity contribution in [1.82, 2.24) is 15.0 Å². The molecule has 0 spiro atoms. The molecule has 0 fully saturated rings. The quantitative estimate of drug-likeness (QED) is 0.0909. The minimum atomic E-state index is -0.0264. The second-order valence-electron chi connectivity index (χ2n) is 20.1. The van der Waals surface area contributed by atoms with E-state index in [0.29, 0.717) is 17.5 Å². The van der Waals surface area contributed by atoms with E-state index in [1.165, 1.54) is 64.9 Å². The van der Waals surface area contributed by atoms with Crippen LogP contribution in [0.25, 0.3) is 56.7 Å². The molecule has 64 heavy (non-hydrogen) atoms. The summed E-state index contributed by atoms with van der Waals surface area (Å²) in [6.45, 7) is 23.0. The molecular weight excluding hydrogens is 779 g/mol. The number of nitrogens with zero attached hydrogens (tertiary/aromatic N) is 5. The predicted octanol–water partition coefficient (Wildman–Crippen LogP) is 13.9. The van der Waals surface area contributed by atoms with E-state index in [2.05, 4.69) is 175 Å². The third kappa shape index (κ3) is 7.20. The van der Waals surface area contributed by atoms with Crippen molar-refractivity contribution in [3.05, 3.63) is 162 Å². The molecule has 5 heteroatoms. The molecule has 1 aliphatic carbocycles. The Kier molecular flexibility index (Phi) is 11.5. The molecule has 0 radical (unpaired) electrons. The van der Waals surface area contributed by atoms with Crippen molar-refractivity contribution in [2.75, 3.05) is 0 Å². The lowest BCUT2D eigenvalue weighted by Crippen LogP contribution is -2.57. The fourth-order valence-electron chi connectivity index (χ4n) is 11.8. The molecule has 4 aromatic carbocycles. The highest BCUT2D eigenvalue weighted by atomic mass is 15.1. The third-order valence-corrected chi connectivity index (χ3v) is 16.4. The van der Waals surface area contributed by atoms with Crippen molar-refractivity contribution in [3.8, 4) is 56.7 Å². The van der Waals surface area contributed by atoms with Gasteiger partial charge in [-0.05, 0) is 76.1 Å². The molecular formula is C59H67N5+2. The Morgan fingerprint density at radius 3 is 1.73 bits per heavy atom. The minimum Gasteiger partial charge on any atom is -0.208 e. The smallest absolute Gasteiger partial charge is 0.208 e. The lowest BCUT2D eigenvalue weighted by atomic mass is 9.56. The van der Waals surface area contributed by atoms with E-state index in [9.17, 15) is 0 Å². The van der Waals surface area contributed by atoms with Crippen LogP contribution < -0.4 is 9.13 Å².